The Morgan fingerprint density at radius 1 is 1.28 bits per heavy atom. The van der Waals surface area contributed by atoms with Gasteiger partial charge in [-0.25, -0.2) is 13.1 Å². The Hall–Kier alpha value is -0.910. The van der Waals surface area contributed by atoms with Crippen molar-refractivity contribution < 1.29 is 13.5 Å². The molecular weight excluding hydrogens is 250 g/mol. The number of hydrogen-bond donors (Lipinski definition) is 2. The summed E-state index contributed by atoms with van der Waals surface area (Å²) in [6.45, 7) is 2.09. The smallest absolute Gasteiger partial charge is 0.211 e. The molecule has 0 amide bonds. The summed E-state index contributed by atoms with van der Waals surface area (Å²) >= 11 is 0. The Kier molecular flexibility index (Phi) is 6.32. The molecule has 4 nitrogen and oxygen atoms in total. The van der Waals surface area contributed by atoms with Crippen LogP contribution in [0.2, 0.25) is 0 Å². The van der Waals surface area contributed by atoms with Gasteiger partial charge in [-0.15, -0.1) is 0 Å². The first-order valence-electron chi connectivity index (χ1n) is 6.19. The maximum atomic E-state index is 11.7. The lowest BCUT2D eigenvalue weighted by Gasteiger charge is -2.07. The van der Waals surface area contributed by atoms with Gasteiger partial charge in [0.05, 0.1) is 11.9 Å². The van der Waals surface area contributed by atoms with Crippen LogP contribution in [0.25, 0.3) is 0 Å². The van der Waals surface area contributed by atoms with Gasteiger partial charge in [0.15, 0.2) is 0 Å². The molecule has 0 radical (unpaired) electrons. The van der Waals surface area contributed by atoms with Crippen LogP contribution >= 0.6 is 0 Å². The summed E-state index contributed by atoms with van der Waals surface area (Å²) < 4.78 is 25.9. The van der Waals surface area contributed by atoms with Crippen molar-refractivity contribution in [3.63, 3.8) is 0 Å². The normalized spacial score (nSPS) is 13.4. The van der Waals surface area contributed by atoms with E-state index in [0.29, 0.717) is 25.8 Å². The summed E-state index contributed by atoms with van der Waals surface area (Å²) in [5, 5.41) is 9.06. The van der Waals surface area contributed by atoms with E-state index in [1.165, 1.54) is 0 Å². The molecule has 0 aliphatic carbocycles. The van der Waals surface area contributed by atoms with E-state index in [4.69, 9.17) is 5.11 Å². The van der Waals surface area contributed by atoms with Gasteiger partial charge in [0.1, 0.15) is 0 Å². The second-order valence-electron chi connectivity index (χ2n) is 4.44. The van der Waals surface area contributed by atoms with Crippen molar-refractivity contribution in [3.8, 4) is 0 Å². The van der Waals surface area contributed by atoms with Crippen molar-refractivity contribution in [2.45, 2.75) is 32.3 Å². The lowest BCUT2D eigenvalue weighted by atomic mass is 10.2. The lowest BCUT2D eigenvalue weighted by molar-refractivity contribution is 0.182. The van der Waals surface area contributed by atoms with Gasteiger partial charge in [0.2, 0.25) is 10.0 Å². The molecule has 0 fully saturated rings. The van der Waals surface area contributed by atoms with E-state index in [0.717, 1.165) is 5.56 Å². The second kappa shape index (κ2) is 7.51. The number of aliphatic hydroxyl groups is 1. The monoisotopic (exact) mass is 271 g/mol. The second-order valence-corrected chi connectivity index (χ2v) is 6.37. The molecule has 0 saturated heterocycles. The predicted molar refractivity (Wildman–Crippen MR) is 72.9 cm³/mol. The minimum atomic E-state index is -3.21. The van der Waals surface area contributed by atoms with Gasteiger partial charge in [-0.05, 0) is 31.7 Å². The highest BCUT2D eigenvalue weighted by molar-refractivity contribution is 7.89. The van der Waals surface area contributed by atoms with Crippen LogP contribution in [0.5, 0.6) is 0 Å². The first kappa shape index (κ1) is 15.1. The highest BCUT2D eigenvalue weighted by atomic mass is 32.2. The molecule has 0 aliphatic rings. The highest BCUT2D eigenvalue weighted by Gasteiger charge is 2.09. The van der Waals surface area contributed by atoms with Crippen molar-refractivity contribution in [3.05, 3.63) is 35.9 Å². The van der Waals surface area contributed by atoms with E-state index in [1.54, 1.807) is 6.92 Å². The summed E-state index contributed by atoms with van der Waals surface area (Å²) in [6, 6.07) is 9.55. The van der Waals surface area contributed by atoms with Gasteiger partial charge in [-0.2, -0.15) is 0 Å². The number of aliphatic hydroxyl groups excluding tert-OH is 1. The van der Waals surface area contributed by atoms with Gasteiger partial charge in [-0.3, -0.25) is 0 Å². The van der Waals surface area contributed by atoms with Crippen molar-refractivity contribution in [1.82, 2.24) is 4.72 Å². The number of benzene rings is 1. The molecule has 0 spiro atoms. The predicted octanol–water partition coefficient (Wildman–Crippen LogP) is 1.31. The van der Waals surface area contributed by atoms with E-state index in [2.05, 4.69) is 4.72 Å². The van der Waals surface area contributed by atoms with Gasteiger partial charge in [-0.1, -0.05) is 30.3 Å². The fourth-order valence-electron chi connectivity index (χ4n) is 1.59. The Morgan fingerprint density at radius 2 is 1.94 bits per heavy atom. The fraction of sp³-hybridized carbons (Fsp3) is 0.538. The van der Waals surface area contributed by atoms with Crippen LogP contribution in [0, 0.1) is 0 Å². The minimum Gasteiger partial charge on any atom is -0.393 e. The molecule has 1 aromatic carbocycles. The Bertz CT molecular complexity index is 429. The molecule has 0 bridgehead atoms. The molecule has 1 unspecified atom stereocenters. The zero-order chi connectivity index (χ0) is 13.4. The molecule has 2 N–H and O–H groups in total. The largest absolute Gasteiger partial charge is 0.393 e. The van der Waals surface area contributed by atoms with Gasteiger partial charge >= 0.3 is 0 Å². The summed E-state index contributed by atoms with van der Waals surface area (Å²) in [5.74, 6) is 0.103. The highest BCUT2D eigenvalue weighted by Crippen LogP contribution is 2.02. The summed E-state index contributed by atoms with van der Waals surface area (Å²) in [7, 11) is -3.21. The van der Waals surface area contributed by atoms with Crippen LogP contribution in [-0.2, 0) is 16.4 Å². The van der Waals surface area contributed by atoms with E-state index < -0.39 is 10.0 Å². The van der Waals surface area contributed by atoms with Gasteiger partial charge in [0, 0.05) is 6.54 Å². The maximum Gasteiger partial charge on any atom is 0.211 e. The summed E-state index contributed by atoms with van der Waals surface area (Å²) in [5.41, 5.74) is 1.02. The molecule has 1 atom stereocenters. The van der Waals surface area contributed by atoms with Crippen LogP contribution in [0.15, 0.2) is 30.3 Å². The quantitative estimate of drug-likeness (QED) is 0.701. The van der Waals surface area contributed by atoms with E-state index in [9.17, 15) is 8.42 Å². The minimum absolute atomic E-state index is 0.103. The number of aryl methyl sites for hydroxylation is 1. The van der Waals surface area contributed by atoms with Crippen LogP contribution in [-0.4, -0.2) is 31.9 Å². The molecule has 0 heterocycles. The van der Waals surface area contributed by atoms with Crippen LogP contribution in [0.4, 0.5) is 0 Å². The molecule has 5 heteroatoms. The fourth-order valence-corrected chi connectivity index (χ4v) is 2.70. The molecule has 1 rings (SSSR count). The average molecular weight is 271 g/mol. The first-order chi connectivity index (χ1) is 8.49. The molecular formula is C13H21NO3S. The lowest BCUT2D eigenvalue weighted by Crippen LogP contribution is -2.28. The zero-order valence-corrected chi connectivity index (χ0v) is 11.5. The van der Waals surface area contributed by atoms with Crippen molar-refractivity contribution >= 4 is 10.0 Å². The molecule has 102 valence electrons. The maximum absolute atomic E-state index is 11.7. The average Bonchev–Trinajstić information content (AvgIpc) is 2.34. The number of nitrogens with one attached hydrogen (secondary N) is 1. The molecule has 0 aromatic heterocycles. The first-order valence-corrected chi connectivity index (χ1v) is 7.84. The van der Waals surface area contributed by atoms with Gasteiger partial charge in [0.25, 0.3) is 0 Å². The SMILES string of the molecule is CC(O)CCCNS(=O)(=O)CCc1ccccc1. The van der Waals surface area contributed by atoms with E-state index in [-0.39, 0.29) is 11.9 Å². The third-order valence-corrected chi connectivity index (χ3v) is 4.01. The van der Waals surface area contributed by atoms with Gasteiger partial charge < -0.3 is 5.11 Å². The van der Waals surface area contributed by atoms with Crippen molar-refractivity contribution in [1.29, 1.82) is 0 Å². The topological polar surface area (TPSA) is 66.4 Å². The van der Waals surface area contributed by atoms with Crippen LogP contribution < -0.4 is 4.72 Å². The van der Waals surface area contributed by atoms with Crippen LogP contribution in [0.3, 0.4) is 0 Å². The third-order valence-electron chi connectivity index (χ3n) is 2.62. The Labute approximate surface area is 109 Å². The van der Waals surface area contributed by atoms with Crippen LogP contribution in [0.1, 0.15) is 25.3 Å². The number of rotatable bonds is 8. The molecule has 1 aromatic rings. The number of sulfonamides is 1. The van der Waals surface area contributed by atoms with E-state index >= 15 is 0 Å². The standard InChI is InChI=1S/C13H21NO3S/c1-12(15)6-5-10-14-18(16,17)11-9-13-7-3-2-4-8-13/h2-4,7-8,12,14-15H,5-6,9-11H2,1H3. The summed E-state index contributed by atoms with van der Waals surface area (Å²) in [4.78, 5) is 0. The van der Waals surface area contributed by atoms with E-state index in [1.807, 2.05) is 30.3 Å². The Morgan fingerprint density at radius 3 is 2.56 bits per heavy atom. The zero-order valence-electron chi connectivity index (χ0n) is 10.7. The number of hydrogen-bond acceptors (Lipinski definition) is 3. The van der Waals surface area contributed by atoms with Crippen molar-refractivity contribution in [2.24, 2.45) is 0 Å². The molecule has 0 aliphatic heterocycles. The molecule has 18 heavy (non-hydrogen) atoms. The molecule has 0 saturated carbocycles. The summed E-state index contributed by atoms with van der Waals surface area (Å²) in [6.07, 6.45) is 1.41. The Balaban J connectivity index is 2.28. The van der Waals surface area contributed by atoms with Crippen molar-refractivity contribution in [2.75, 3.05) is 12.3 Å². The third kappa shape index (κ3) is 6.74.